The fourth-order valence-corrected chi connectivity index (χ4v) is 0.854. The van der Waals surface area contributed by atoms with E-state index in [1.54, 1.807) is 0 Å². The Hall–Kier alpha value is -1.47. The Labute approximate surface area is 84.1 Å². The summed E-state index contributed by atoms with van der Waals surface area (Å²) in [4.78, 5) is 22.5. The highest BCUT2D eigenvalue weighted by Gasteiger charge is 2.34. The SMILES string of the molecule is CN(C)C(=O)N(CC(=O)O)CC(F)(F)F. The van der Waals surface area contributed by atoms with Crippen LogP contribution in [0.25, 0.3) is 0 Å². The molecule has 0 aromatic heterocycles. The smallest absolute Gasteiger partial charge is 0.406 e. The lowest BCUT2D eigenvalue weighted by atomic mass is 10.4. The highest BCUT2D eigenvalue weighted by Crippen LogP contribution is 2.16. The average Bonchev–Trinajstić information content (AvgIpc) is 1.97. The number of carbonyl (C=O) groups excluding carboxylic acids is 1. The topological polar surface area (TPSA) is 60.9 Å². The van der Waals surface area contributed by atoms with Crippen LogP contribution in [0, 0.1) is 0 Å². The van der Waals surface area contributed by atoms with Gasteiger partial charge in [-0.3, -0.25) is 4.79 Å². The van der Waals surface area contributed by atoms with Crippen molar-refractivity contribution in [2.75, 3.05) is 27.2 Å². The van der Waals surface area contributed by atoms with Crippen LogP contribution in [0.3, 0.4) is 0 Å². The van der Waals surface area contributed by atoms with E-state index >= 15 is 0 Å². The Morgan fingerprint density at radius 2 is 1.73 bits per heavy atom. The van der Waals surface area contributed by atoms with Gasteiger partial charge in [0.1, 0.15) is 13.1 Å². The Kier molecular flexibility index (Phi) is 4.38. The van der Waals surface area contributed by atoms with Crippen molar-refractivity contribution in [2.45, 2.75) is 6.18 Å². The summed E-state index contributed by atoms with van der Waals surface area (Å²) in [6.07, 6.45) is -4.61. The lowest BCUT2D eigenvalue weighted by molar-refractivity contribution is -0.149. The molecule has 0 rings (SSSR count). The molecule has 88 valence electrons. The summed E-state index contributed by atoms with van der Waals surface area (Å²) >= 11 is 0. The van der Waals surface area contributed by atoms with Gasteiger partial charge in [-0.25, -0.2) is 4.79 Å². The molecule has 0 unspecified atom stereocenters. The van der Waals surface area contributed by atoms with E-state index in [1.807, 2.05) is 0 Å². The summed E-state index contributed by atoms with van der Waals surface area (Å²) in [5.41, 5.74) is 0. The van der Waals surface area contributed by atoms with Crippen molar-refractivity contribution in [3.05, 3.63) is 0 Å². The van der Waals surface area contributed by atoms with Crippen LogP contribution in [-0.2, 0) is 4.79 Å². The quantitative estimate of drug-likeness (QED) is 0.770. The maximum absolute atomic E-state index is 12.0. The van der Waals surface area contributed by atoms with Crippen molar-refractivity contribution in [3.8, 4) is 0 Å². The third kappa shape index (κ3) is 5.76. The van der Waals surface area contributed by atoms with Gasteiger partial charge in [0.05, 0.1) is 0 Å². The minimum atomic E-state index is -4.61. The Morgan fingerprint density at radius 1 is 1.27 bits per heavy atom. The number of rotatable bonds is 3. The number of halogens is 3. The molecule has 0 atom stereocenters. The first kappa shape index (κ1) is 13.5. The third-order valence-corrected chi connectivity index (χ3v) is 1.35. The van der Waals surface area contributed by atoms with Crippen molar-refractivity contribution < 1.29 is 27.9 Å². The van der Waals surface area contributed by atoms with Gasteiger partial charge in [0.15, 0.2) is 0 Å². The largest absolute Gasteiger partial charge is 0.480 e. The molecule has 2 amide bonds. The highest BCUT2D eigenvalue weighted by atomic mass is 19.4. The summed E-state index contributed by atoms with van der Waals surface area (Å²) in [5, 5.41) is 8.33. The molecule has 15 heavy (non-hydrogen) atoms. The van der Waals surface area contributed by atoms with E-state index < -0.39 is 31.3 Å². The maximum Gasteiger partial charge on any atom is 0.406 e. The number of aliphatic carboxylic acids is 1. The normalized spacial score (nSPS) is 11.0. The van der Waals surface area contributed by atoms with Crippen molar-refractivity contribution in [3.63, 3.8) is 0 Å². The molecular weight excluding hydrogens is 217 g/mol. The summed E-state index contributed by atoms with van der Waals surface area (Å²) in [5.74, 6) is -1.49. The van der Waals surface area contributed by atoms with E-state index in [0.29, 0.717) is 0 Å². The summed E-state index contributed by atoms with van der Waals surface area (Å²) < 4.78 is 35.9. The first-order valence-corrected chi connectivity index (χ1v) is 3.88. The lowest BCUT2D eigenvalue weighted by Gasteiger charge is -2.25. The van der Waals surface area contributed by atoms with E-state index in [0.717, 1.165) is 4.90 Å². The first-order chi connectivity index (χ1) is 6.63. The van der Waals surface area contributed by atoms with E-state index in [1.165, 1.54) is 14.1 Å². The zero-order valence-corrected chi connectivity index (χ0v) is 8.21. The number of nitrogens with zero attached hydrogens (tertiary/aromatic N) is 2. The monoisotopic (exact) mass is 228 g/mol. The molecule has 0 aliphatic rings. The van der Waals surface area contributed by atoms with Gasteiger partial charge in [-0.05, 0) is 0 Å². The molecule has 0 fully saturated rings. The molecule has 0 heterocycles. The molecule has 0 saturated heterocycles. The van der Waals surface area contributed by atoms with Crippen molar-refractivity contribution in [2.24, 2.45) is 0 Å². The minimum absolute atomic E-state index is 0.211. The fraction of sp³-hybridized carbons (Fsp3) is 0.714. The van der Waals surface area contributed by atoms with Crippen LogP contribution in [0.4, 0.5) is 18.0 Å². The van der Waals surface area contributed by atoms with Gasteiger partial charge in [-0.15, -0.1) is 0 Å². The molecule has 0 aliphatic heterocycles. The van der Waals surface area contributed by atoms with Crippen molar-refractivity contribution in [1.29, 1.82) is 0 Å². The van der Waals surface area contributed by atoms with Crippen LogP contribution >= 0.6 is 0 Å². The number of urea groups is 1. The second-order valence-corrected chi connectivity index (χ2v) is 3.04. The predicted octanol–water partition coefficient (Wildman–Crippen LogP) is 0.617. The van der Waals surface area contributed by atoms with Gasteiger partial charge in [0.2, 0.25) is 0 Å². The van der Waals surface area contributed by atoms with Gasteiger partial charge in [0, 0.05) is 14.1 Å². The van der Waals surface area contributed by atoms with Crippen molar-refractivity contribution in [1.82, 2.24) is 9.80 Å². The highest BCUT2D eigenvalue weighted by molar-refractivity contribution is 5.79. The lowest BCUT2D eigenvalue weighted by Crippen LogP contribution is -2.46. The number of amides is 2. The number of carbonyl (C=O) groups is 2. The van der Waals surface area contributed by atoms with Crippen LogP contribution in [0.1, 0.15) is 0 Å². The van der Waals surface area contributed by atoms with Gasteiger partial charge >= 0.3 is 18.2 Å². The number of hydrogen-bond acceptors (Lipinski definition) is 2. The van der Waals surface area contributed by atoms with E-state index in [-0.39, 0.29) is 4.90 Å². The van der Waals surface area contributed by atoms with Gasteiger partial charge in [-0.2, -0.15) is 13.2 Å². The van der Waals surface area contributed by atoms with Gasteiger partial charge in [0.25, 0.3) is 0 Å². The first-order valence-electron chi connectivity index (χ1n) is 3.88. The maximum atomic E-state index is 12.0. The Bertz CT molecular complexity index is 252. The van der Waals surface area contributed by atoms with E-state index in [9.17, 15) is 22.8 Å². The molecule has 0 saturated carbocycles. The molecule has 0 aromatic carbocycles. The van der Waals surface area contributed by atoms with E-state index in [2.05, 4.69) is 0 Å². The number of hydrogen-bond donors (Lipinski definition) is 1. The summed E-state index contributed by atoms with van der Waals surface area (Å²) in [6.45, 7) is -2.55. The van der Waals surface area contributed by atoms with Gasteiger partial charge < -0.3 is 14.9 Å². The van der Waals surface area contributed by atoms with Crippen LogP contribution in [0.2, 0.25) is 0 Å². The third-order valence-electron chi connectivity index (χ3n) is 1.35. The summed E-state index contributed by atoms with van der Waals surface area (Å²) in [6, 6.07) is -0.991. The molecule has 5 nitrogen and oxygen atoms in total. The molecule has 0 aromatic rings. The summed E-state index contributed by atoms with van der Waals surface area (Å²) in [7, 11) is 2.49. The van der Waals surface area contributed by atoms with Crippen LogP contribution in [0.5, 0.6) is 0 Å². The van der Waals surface area contributed by atoms with Crippen LogP contribution in [0.15, 0.2) is 0 Å². The molecule has 0 aliphatic carbocycles. The van der Waals surface area contributed by atoms with Crippen LogP contribution in [-0.4, -0.2) is 60.3 Å². The molecule has 0 spiro atoms. The van der Waals surface area contributed by atoms with Crippen LogP contribution < -0.4 is 0 Å². The van der Waals surface area contributed by atoms with Crippen molar-refractivity contribution >= 4 is 12.0 Å². The fourth-order valence-electron chi connectivity index (χ4n) is 0.854. The Morgan fingerprint density at radius 3 is 2.00 bits per heavy atom. The molecule has 8 heteroatoms. The Balaban J connectivity index is 4.59. The number of carboxylic acid groups (broad SMARTS) is 1. The van der Waals surface area contributed by atoms with Gasteiger partial charge in [-0.1, -0.05) is 0 Å². The molecule has 1 N–H and O–H groups in total. The second kappa shape index (κ2) is 4.85. The molecular formula is C7H11F3N2O3. The van der Waals surface area contributed by atoms with E-state index in [4.69, 9.17) is 5.11 Å². The number of carboxylic acids is 1. The average molecular weight is 228 g/mol. The standard InChI is InChI=1S/C7H11F3N2O3/c1-11(2)6(15)12(3-5(13)14)4-7(8,9)10/h3-4H2,1-2H3,(H,13,14). The molecule has 0 radical (unpaired) electrons. The number of alkyl halides is 3. The predicted molar refractivity (Wildman–Crippen MR) is 44.3 cm³/mol. The minimum Gasteiger partial charge on any atom is -0.480 e. The zero-order chi connectivity index (χ0) is 12.2. The molecule has 0 bridgehead atoms. The zero-order valence-electron chi connectivity index (χ0n) is 8.21. The second-order valence-electron chi connectivity index (χ2n) is 3.04.